The molecule has 2 aromatic carbocycles. The standard InChI is InChI=1S/C17H14N2O2/c1-12(19(20)21)11-15-14-9-5-6-10-16(14)18-17(15)13-7-3-2-4-8-13/h2-11,18H,1H3/b12-11-. The van der Waals surface area contributed by atoms with Crippen LogP contribution in [0.2, 0.25) is 0 Å². The van der Waals surface area contributed by atoms with Gasteiger partial charge in [-0.25, -0.2) is 0 Å². The molecule has 0 saturated carbocycles. The second-order valence-electron chi connectivity index (χ2n) is 4.87. The zero-order valence-electron chi connectivity index (χ0n) is 11.5. The molecular weight excluding hydrogens is 264 g/mol. The number of nitrogens with zero attached hydrogens (tertiary/aromatic N) is 1. The zero-order chi connectivity index (χ0) is 14.8. The van der Waals surface area contributed by atoms with E-state index in [0.29, 0.717) is 0 Å². The lowest BCUT2D eigenvalue weighted by Gasteiger charge is -2.00. The first kappa shape index (κ1) is 13.1. The van der Waals surface area contributed by atoms with Crippen molar-refractivity contribution in [3.8, 4) is 11.3 Å². The van der Waals surface area contributed by atoms with E-state index >= 15 is 0 Å². The minimum Gasteiger partial charge on any atom is -0.354 e. The van der Waals surface area contributed by atoms with Crippen LogP contribution in [0.3, 0.4) is 0 Å². The molecule has 3 rings (SSSR count). The van der Waals surface area contributed by atoms with E-state index in [1.54, 1.807) is 6.08 Å². The number of allylic oxidation sites excluding steroid dienone is 1. The van der Waals surface area contributed by atoms with Gasteiger partial charge in [-0.15, -0.1) is 0 Å². The van der Waals surface area contributed by atoms with Crippen LogP contribution >= 0.6 is 0 Å². The number of nitrogens with one attached hydrogen (secondary N) is 1. The molecule has 21 heavy (non-hydrogen) atoms. The van der Waals surface area contributed by atoms with Gasteiger partial charge >= 0.3 is 0 Å². The van der Waals surface area contributed by atoms with Crippen molar-refractivity contribution in [1.29, 1.82) is 0 Å². The number of aromatic amines is 1. The van der Waals surface area contributed by atoms with Crippen LogP contribution in [0.5, 0.6) is 0 Å². The smallest absolute Gasteiger partial charge is 0.243 e. The molecule has 0 unspecified atom stereocenters. The highest BCUT2D eigenvalue weighted by atomic mass is 16.6. The number of fused-ring (bicyclic) bond motifs is 1. The Bertz CT molecular complexity index is 832. The quantitative estimate of drug-likeness (QED) is 0.567. The Balaban J connectivity index is 2.29. The molecular formula is C17H14N2O2. The van der Waals surface area contributed by atoms with Crippen LogP contribution in [0.1, 0.15) is 12.5 Å². The number of hydrogen-bond donors (Lipinski definition) is 1. The van der Waals surface area contributed by atoms with Gasteiger partial charge < -0.3 is 4.98 Å². The molecule has 104 valence electrons. The third kappa shape index (κ3) is 2.43. The summed E-state index contributed by atoms with van der Waals surface area (Å²) in [6.07, 6.45) is 1.63. The maximum atomic E-state index is 10.9. The SMILES string of the molecule is C/C(=C/c1c(-c2ccccc2)[nH]c2ccccc12)[N+](=O)[O-]. The fourth-order valence-electron chi connectivity index (χ4n) is 2.41. The zero-order valence-corrected chi connectivity index (χ0v) is 11.5. The van der Waals surface area contributed by atoms with Crippen molar-refractivity contribution < 1.29 is 4.92 Å². The van der Waals surface area contributed by atoms with Gasteiger partial charge in [-0.1, -0.05) is 48.5 Å². The first-order valence-electron chi connectivity index (χ1n) is 6.65. The molecule has 0 fully saturated rings. The van der Waals surface area contributed by atoms with Gasteiger partial charge in [0.2, 0.25) is 5.70 Å². The number of para-hydroxylation sites is 1. The van der Waals surface area contributed by atoms with Gasteiger partial charge in [0, 0.05) is 29.5 Å². The van der Waals surface area contributed by atoms with Gasteiger partial charge in [0.25, 0.3) is 0 Å². The molecule has 1 N–H and O–H groups in total. The molecule has 3 aromatic rings. The Kier molecular flexibility index (Phi) is 3.28. The van der Waals surface area contributed by atoms with Crippen molar-refractivity contribution in [2.45, 2.75) is 6.92 Å². The number of benzene rings is 2. The maximum Gasteiger partial charge on any atom is 0.243 e. The van der Waals surface area contributed by atoms with E-state index in [0.717, 1.165) is 27.7 Å². The summed E-state index contributed by atoms with van der Waals surface area (Å²) in [5.74, 6) is 0. The van der Waals surface area contributed by atoms with E-state index < -0.39 is 0 Å². The van der Waals surface area contributed by atoms with Crippen molar-refractivity contribution in [1.82, 2.24) is 4.98 Å². The fraction of sp³-hybridized carbons (Fsp3) is 0.0588. The monoisotopic (exact) mass is 278 g/mol. The predicted octanol–water partition coefficient (Wildman–Crippen LogP) is 4.47. The molecule has 1 heterocycles. The van der Waals surface area contributed by atoms with Crippen LogP contribution in [0, 0.1) is 10.1 Å². The van der Waals surface area contributed by atoms with Gasteiger partial charge in [-0.3, -0.25) is 10.1 Å². The number of H-pyrrole nitrogens is 1. The van der Waals surface area contributed by atoms with Gasteiger partial charge in [-0.05, 0) is 11.6 Å². The van der Waals surface area contributed by atoms with Crippen molar-refractivity contribution in [3.05, 3.63) is 76.0 Å². The summed E-state index contributed by atoms with van der Waals surface area (Å²) in [6.45, 7) is 1.51. The number of rotatable bonds is 3. The van der Waals surface area contributed by atoms with Crippen molar-refractivity contribution in [2.75, 3.05) is 0 Å². The molecule has 0 saturated heterocycles. The van der Waals surface area contributed by atoms with Crippen LogP contribution in [0.4, 0.5) is 0 Å². The summed E-state index contributed by atoms with van der Waals surface area (Å²) in [7, 11) is 0. The van der Waals surface area contributed by atoms with Crippen LogP contribution in [0.25, 0.3) is 28.2 Å². The fourth-order valence-corrected chi connectivity index (χ4v) is 2.41. The molecule has 0 spiro atoms. The highest BCUT2D eigenvalue weighted by Gasteiger charge is 2.13. The molecule has 4 heteroatoms. The lowest BCUT2D eigenvalue weighted by Crippen LogP contribution is -1.93. The second-order valence-corrected chi connectivity index (χ2v) is 4.87. The topological polar surface area (TPSA) is 58.9 Å². The van der Waals surface area contributed by atoms with E-state index in [1.807, 2.05) is 54.6 Å². The third-order valence-corrected chi connectivity index (χ3v) is 3.45. The van der Waals surface area contributed by atoms with Crippen LogP contribution in [0.15, 0.2) is 60.3 Å². The average Bonchev–Trinajstić information content (AvgIpc) is 2.87. The molecule has 4 nitrogen and oxygen atoms in total. The van der Waals surface area contributed by atoms with Crippen LogP contribution < -0.4 is 0 Å². The molecule has 0 atom stereocenters. The third-order valence-electron chi connectivity index (χ3n) is 3.45. The summed E-state index contributed by atoms with van der Waals surface area (Å²) in [5.41, 5.74) is 3.86. The van der Waals surface area contributed by atoms with Crippen LogP contribution in [-0.4, -0.2) is 9.91 Å². The number of hydrogen-bond acceptors (Lipinski definition) is 2. The number of aromatic nitrogens is 1. The summed E-state index contributed by atoms with van der Waals surface area (Å²) in [4.78, 5) is 13.9. The van der Waals surface area contributed by atoms with Gasteiger partial charge in [0.1, 0.15) is 0 Å². The first-order chi connectivity index (χ1) is 10.2. The Morgan fingerprint density at radius 3 is 2.48 bits per heavy atom. The van der Waals surface area contributed by atoms with E-state index in [-0.39, 0.29) is 10.6 Å². The van der Waals surface area contributed by atoms with E-state index in [2.05, 4.69) is 4.98 Å². The lowest BCUT2D eigenvalue weighted by molar-refractivity contribution is -0.422. The Morgan fingerprint density at radius 2 is 1.76 bits per heavy atom. The Morgan fingerprint density at radius 1 is 1.10 bits per heavy atom. The first-order valence-corrected chi connectivity index (χ1v) is 6.65. The molecule has 0 amide bonds. The van der Waals surface area contributed by atoms with Crippen molar-refractivity contribution in [3.63, 3.8) is 0 Å². The van der Waals surface area contributed by atoms with Gasteiger partial charge in [0.15, 0.2) is 0 Å². The largest absolute Gasteiger partial charge is 0.354 e. The van der Waals surface area contributed by atoms with E-state index in [1.165, 1.54) is 6.92 Å². The Labute approximate surface area is 121 Å². The van der Waals surface area contributed by atoms with Crippen LogP contribution in [-0.2, 0) is 0 Å². The highest BCUT2D eigenvalue weighted by Crippen LogP contribution is 2.31. The highest BCUT2D eigenvalue weighted by molar-refractivity contribution is 5.96. The normalized spacial score (nSPS) is 11.8. The molecule has 0 aliphatic heterocycles. The van der Waals surface area contributed by atoms with E-state index in [4.69, 9.17) is 0 Å². The minimum atomic E-state index is -0.365. The molecule has 1 aromatic heterocycles. The molecule has 0 aliphatic carbocycles. The molecule has 0 aliphatic rings. The van der Waals surface area contributed by atoms with Gasteiger partial charge in [-0.2, -0.15) is 0 Å². The Hall–Kier alpha value is -2.88. The van der Waals surface area contributed by atoms with Gasteiger partial charge in [0.05, 0.1) is 10.6 Å². The summed E-state index contributed by atoms with van der Waals surface area (Å²) in [6, 6.07) is 17.7. The number of nitro groups is 1. The van der Waals surface area contributed by atoms with Crippen molar-refractivity contribution in [2.24, 2.45) is 0 Å². The molecule has 0 radical (unpaired) electrons. The minimum absolute atomic E-state index is 0.122. The average molecular weight is 278 g/mol. The lowest BCUT2D eigenvalue weighted by atomic mass is 10.0. The molecule has 0 bridgehead atoms. The predicted molar refractivity (Wildman–Crippen MR) is 84.4 cm³/mol. The maximum absolute atomic E-state index is 10.9. The van der Waals surface area contributed by atoms with E-state index in [9.17, 15) is 10.1 Å². The summed E-state index contributed by atoms with van der Waals surface area (Å²) in [5, 5.41) is 11.9. The summed E-state index contributed by atoms with van der Waals surface area (Å²) >= 11 is 0. The van der Waals surface area contributed by atoms with Crippen molar-refractivity contribution >= 4 is 17.0 Å². The second kappa shape index (κ2) is 5.25. The summed E-state index contributed by atoms with van der Waals surface area (Å²) < 4.78 is 0.